The highest BCUT2D eigenvalue weighted by Crippen LogP contribution is 2.28. The number of carbonyl (C=O) groups excluding carboxylic acids is 2. The zero-order valence-corrected chi connectivity index (χ0v) is 14.6. The first-order chi connectivity index (χ1) is 12.1. The van der Waals surface area contributed by atoms with Crippen molar-refractivity contribution in [1.29, 1.82) is 0 Å². The number of hydrogen-bond donors (Lipinski definition) is 0. The Kier molecular flexibility index (Phi) is 5.28. The summed E-state index contributed by atoms with van der Waals surface area (Å²) < 4.78 is 17.8. The Bertz CT molecular complexity index is 755. The van der Waals surface area contributed by atoms with Crippen LogP contribution in [0.25, 0.3) is 11.3 Å². The van der Waals surface area contributed by atoms with Crippen molar-refractivity contribution >= 4 is 28.3 Å². The number of rotatable bonds is 3. The minimum absolute atomic E-state index is 0.190. The molecule has 0 atom stereocenters. The molecular weight excluding hydrogens is 345 g/mol. The molecule has 8 heteroatoms. The molecule has 1 aromatic carbocycles. The molecule has 2 aromatic rings. The maximum Gasteiger partial charge on any atom is 0.397 e. The molecule has 0 saturated carbocycles. The standard InChI is InChI=1S/C17H18FN3O3S/c1-2-24-16(23)15(22)20-7-9-21(10-8-20)17-19-14(11-25-17)12-3-5-13(18)6-4-12/h3-6,11H,2,7-10H2,1H3. The Morgan fingerprint density at radius 1 is 1.20 bits per heavy atom. The second-order valence-corrected chi connectivity index (χ2v) is 6.36. The number of benzene rings is 1. The van der Waals surface area contributed by atoms with E-state index < -0.39 is 11.9 Å². The molecule has 2 heterocycles. The third kappa shape index (κ3) is 3.96. The van der Waals surface area contributed by atoms with Crippen molar-refractivity contribution in [2.24, 2.45) is 0 Å². The highest BCUT2D eigenvalue weighted by atomic mass is 32.1. The molecule has 3 rings (SSSR count). The summed E-state index contributed by atoms with van der Waals surface area (Å²) in [5, 5.41) is 2.78. The maximum absolute atomic E-state index is 13.0. The summed E-state index contributed by atoms with van der Waals surface area (Å²) in [6, 6.07) is 6.22. The number of carbonyl (C=O) groups is 2. The van der Waals surface area contributed by atoms with E-state index in [1.807, 2.05) is 5.38 Å². The van der Waals surface area contributed by atoms with Crippen LogP contribution in [-0.4, -0.2) is 54.5 Å². The number of thiazole rings is 1. The van der Waals surface area contributed by atoms with Crippen molar-refractivity contribution in [3.63, 3.8) is 0 Å². The third-order valence-electron chi connectivity index (χ3n) is 3.92. The van der Waals surface area contributed by atoms with Crippen molar-refractivity contribution in [2.45, 2.75) is 6.92 Å². The number of anilines is 1. The number of nitrogens with zero attached hydrogens (tertiary/aromatic N) is 3. The highest BCUT2D eigenvalue weighted by molar-refractivity contribution is 7.14. The van der Waals surface area contributed by atoms with Gasteiger partial charge in [0, 0.05) is 37.1 Å². The molecule has 25 heavy (non-hydrogen) atoms. The first-order valence-electron chi connectivity index (χ1n) is 8.01. The van der Waals surface area contributed by atoms with Crippen LogP contribution in [0.4, 0.5) is 9.52 Å². The fourth-order valence-electron chi connectivity index (χ4n) is 2.59. The molecule has 0 radical (unpaired) electrons. The van der Waals surface area contributed by atoms with Crippen molar-refractivity contribution in [1.82, 2.24) is 9.88 Å². The summed E-state index contributed by atoms with van der Waals surface area (Å²) in [5.74, 6) is -1.67. The Hall–Kier alpha value is -2.48. The van der Waals surface area contributed by atoms with Gasteiger partial charge in [0.25, 0.3) is 0 Å². The number of amides is 1. The van der Waals surface area contributed by atoms with Crippen molar-refractivity contribution in [3.05, 3.63) is 35.5 Å². The fraction of sp³-hybridized carbons (Fsp3) is 0.353. The minimum Gasteiger partial charge on any atom is -0.459 e. The number of halogens is 1. The lowest BCUT2D eigenvalue weighted by Gasteiger charge is -2.33. The third-order valence-corrected chi connectivity index (χ3v) is 4.82. The van der Waals surface area contributed by atoms with E-state index in [9.17, 15) is 14.0 Å². The van der Waals surface area contributed by atoms with E-state index in [1.165, 1.54) is 28.4 Å². The molecule has 1 fully saturated rings. The number of ether oxygens (including phenoxy) is 1. The lowest BCUT2D eigenvalue weighted by Crippen LogP contribution is -2.51. The van der Waals surface area contributed by atoms with Crippen LogP contribution in [0.2, 0.25) is 0 Å². The predicted octanol–water partition coefficient (Wildman–Crippen LogP) is 2.16. The molecule has 0 spiro atoms. The molecule has 1 aromatic heterocycles. The molecule has 1 saturated heterocycles. The molecule has 1 aliphatic rings. The number of aromatic nitrogens is 1. The fourth-order valence-corrected chi connectivity index (χ4v) is 3.47. The van der Waals surface area contributed by atoms with Crippen LogP contribution in [0, 0.1) is 5.82 Å². The Labute approximate surface area is 148 Å². The van der Waals surface area contributed by atoms with Crippen LogP contribution in [0.5, 0.6) is 0 Å². The Balaban J connectivity index is 1.61. The molecule has 0 bridgehead atoms. The van der Waals surface area contributed by atoms with E-state index in [-0.39, 0.29) is 12.4 Å². The van der Waals surface area contributed by atoms with Gasteiger partial charge in [0.2, 0.25) is 0 Å². The van der Waals surface area contributed by atoms with E-state index in [4.69, 9.17) is 4.74 Å². The molecule has 132 valence electrons. The van der Waals surface area contributed by atoms with Gasteiger partial charge in [0.15, 0.2) is 5.13 Å². The summed E-state index contributed by atoms with van der Waals surface area (Å²) in [7, 11) is 0. The van der Waals surface area contributed by atoms with E-state index in [0.29, 0.717) is 26.2 Å². The van der Waals surface area contributed by atoms with Gasteiger partial charge >= 0.3 is 11.9 Å². The molecule has 6 nitrogen and oxygen atoms in total. The summed E-state index contributed by atoms with van der Waals surface area (Å²) in [6.45, 7) is 3.95. The summed E-state index contributed by atoms with van der Waals surface area (Å²) in [5.41, 5.74) is 1.66. The van der Waals surface area contributed by atoms with Crippen molar-refractivity contribution in [3.8, 4) is 11.3 Å². The second-order valence-electron chi connectivity index (χ2n) is 5.52. The van der Waals surface area contributed by atoms with Gasteiger partial charge in [-0.1, -0.05) is 0 Å². The van der Waals surface area contributed by atoms with Crippen LogP contribution >= 0.6 is 11.3 Å². The largest absolute Gasteiger partial charge is 0.459 e. The number of esters is 1. The lowest BCUT2D eigenvalue weighted by molar-refractivity contribution is -0.160. The highest BCUT2D eigenvalue weighted by Gasteiger charge is 2.27. The molecule has 1 aliphatic heterocycles. The van der Waals surface area contributed by atoms with E-state index in [1.54, 1.807) is 19.1 Å². The van der Waals surface area contributed by atoms with Crippen LogP contribution in [0.1, 0.15) is 6.92 Å². The molecular formula is C17H18FN3O3S. The monoisotopic (exact) mass is 363 g/mol. The zero-order chi connectivity index (χ0) is 17.8. The van der Waals surface area contributed by atoms with Gasteiger partial charge in [-0.15, -0.1) is 11.3 Å². The smallest absolute Gasteiger partial charge is 0.397 e. The van der Waals surface area contributed by atoms with Gasteiger partial charge < -0.3 is 14.5 Å². The van der Waals surface area contributed by atoms with Crippen LogP contribution in [-0.2, 0) is 14.3 Å². The second kappa shape index (κ2) is 7.60. The van der Waals surface area contributed by atoms with E-state index in [0.717, 1.165) is 16.4 Å². The van der Waals surface area contributed by atoms with Gasteiger partial charge in [-0.25, -0.2) is 14.2 Å². The summed E-state index contributed by atoms with van der Waals surface area (Å²) >= 11 is 1.51. The summed E-state index contributed by atoms with van der Waals surface area (Å²) in [4.78, 5) is 31.6. The lowest BCUT2D eigenvalue weighted by atomic mass is 10.2. The summed E-state index contributed by atoms with van der Waals surface area (Å²) in [6.07, 6.45) is 0. The quantitative estimate of drug-likeness (QED) is 0.618. The molecule has 0 unspecified atom stereocenters. The maximum atomic E-state index is 13.0. The van der Waals surface area contributed by atoms with Crippen LogP contribution < -0.4 is 4.90 Å². The Morgan fingerprint density at radius 2 is 1.88 bits per heavy atom. The van der Waals surface area contributed by atoms with Gasteiger partial charge in [0.05, 0.1) is 12.3 Å². The van der Waals surface area contributed by atoms with E-state index in [2.05, 4.69) is 9.88 Å². The molecule has 1 amide bonds. The molecule has 0 N–H and O–H groups in total. The Morgan fingerprint density at radius 3 is 2.52 bits per heavy atom. The minimum atomic E-state index is -0.802. The average Bonchev–Trinajstić information content (AvgIpc) is 3.12. The van der Waals surface area contributed by atoms with Crippen LogP contribution in [0.3, 0.4) is 0 Å². The van der Waals surface area contributed by atoms with Gasteiger partial charge in [-0.05, 0) is 31.2 Å². The average molecular weight is 363 g/mol. The SMILES string of the molecule is CCOC(=O)C(=O)N1CCN(c2nc(-c3ccc(F)cc3)cs2)CC1. The van der Waals surface area contributed by atoms with Gasteiger partial charge in [-0.3, -0.25) is 4.79 Å². The van der Waals surface area contributed by atoms with E-state index >= 15 is 0 Å². The van der Waals surface area contributed by atoms with Gasteiger partial charge in [-0.2, -0.15) is 0 Å². The van der Waals surface area contributed by atoms with Gasteiger partial charge in [0.1, 0.15) is 5.82 Å². The van der Waals surface area contributed by atoms with Crippen molar-refractivity contribution < 1.29 is 18.7 Å². The van der Waals surface area contributed by atoms with Crippen LogP contribution in [0.15, 0.2) is 29.6 Å². The predicted molar refractivity (Wildman–Crippen MR) is 92.9 cm³/mol. The molecule has 0 aliphatic carbocycles. The number of piperazine rings is 1. The topological polar surface area (TPSA) is 62.7 Å². The zero-order valence-electron chi connectivity index (χ0n) is 13.8. The normalized spacial score (nSPS) is 14.5. The first kappa shape index (κ1) is 17.3. The van der Waals surface area contributed by atoms with Crippen molar-refractivity contribution in [2.75, 3.05) is 37.7 Å². The first-order valence-corrected chi connectivity index (χ1v) is 8.89. The number of hydrogen-bond acceptors (Lipinski definition) is 6.